The number of anilines is 1. The van der Waals surface area contributed by atoms with Crippen LogP contribution in [0.3, 0.4) is 0 Å². The van der Waals surface area contributed by atoms with E-state index in [1.807, 2.05) is 0 Å². The van der Waals surface area contributed by atoms with Crippen molar-refractivity contribution < 1.29 is 24.4 Å². The molecule has 0 bridgehead atoms. The van der Waals surface area contributed by atoms with Gasteiger partial charge in [0.2, 0.25) is 0 Å². The molecule has 1 rings (SSSR count). The van der Waals surface area contributed by atoms with Crippen LogP contribution in [0.25, 0.3) is 0 Å². The predicted octanol–water partition coefficient (Wildman–Crippen LogP) is -1.27. The Kier molecular flexibility index (Phi) is 2.53. The molecule has 0 aliphatic rings. The zero-order valence-electron chi connectivity index (χ0n) is 5.49. The Bertz CT molecular complexity index is 241. The number of hydrogen-bond donors (Lipinski definition) is 1. The van der Waals surface area contributed by atoms with E-state index in [0.29, 0.717) is 5.69 Å². The summed E-state index contributed by atoms with van der Waals surface area (Å²) in [5, 5.41) is 0. The molecule has 0 saturated heterocycles. The first-order chi connectivity index (χ1) is 5.20. The van der Waals surface area contributed by atoms with Crippen LogP contribution < -0.4 is 19.3 Å². The molecule has 0 heterocycles. The lowest BCUT2D eigenvalue weighted by Gasteiger charge is -1.97. The van der Waals surface area contributed by atoms with Crippen LogP contribution in [0.1, 0.15) is 0 Å². The summed E-state index contributed by atoms with van der Waals surface area (Å²) >= 11 is 0. The van der Waals surface area contributed by atoms with Crippen molar-refractivity contribution in [3.8, 4) is 5.75 Å². The lowest BCUT2D eigenvalue weighted by atomic mass is 10.3. The highest BCUT2D eigenvalue weighted by Crippen LogP contribution is 2.19. The molecule has 11 heavy (non-hydrogen) atoms. The second kappa shape index (κ2) is 3.43. The average Bonchev–Trinajstić information content (AvgIpc) is 1.93. The van der Waals surface area contributed by atoms with Crippen molar-refractivity contribution >= 4 is 5.69 Å². The van der Waals surface area contributed by atoms with Crippen molar-refractivity contribution in [2.75, 3.05) is 5.73 Å². The number of hydrogen-bond acceptors (Lipinski definition) is 4. The van der Waals surface area contributed by atoms with Gasteiger partial charge in [0, 0.05) is 0 Å². The van der Waals surface area contributed by atoms with Gasteiger partial charge >= 0.3 is 10.8 Å². The van der Waals surface area contributed by atoms with Crippen molar-refractivity contribution in [2.24, 2.45) is 0 Å². The first-order valence-corrected chi connectivity index (χ1v) is 3.71. The molecule has 0 spiro atoms. The zero-order valence-corrected chi connectivity index (χ0v) is 6.25. The molecule has 0 aliphatic carbocycles. The first kappa shape index (κ1) is 8.13. The molecular formula is C6H6ClNO3. The van der Waals surface area contributed by atoms with E-state index in [1.54, 1.807) is 18.2 Å². The minimum Gasteiger partial charge on any atom is -0.395 e. The summed E-state index contributed by atoms with van der Waals surface area (Å²) in [7, 11) is -2.24. The number of nitrogens with two attached hydrogens (primary N) is 1. The van der Waals surface area contributed by atoms with E-state index < -0.39 is 10.8 Å². The number of nitrogen functional groups attached to an aromatic ring is 1. The number of benzene rings is 1. The van der Waals surface area contributed by atoms with Crippen molar-refractivity contribution in [1.82, 2.24) is 0 Å². The van der Waals surface area contributed by atoms with Crippen LogP contribution in [0, 0.1) is 10.8 Å². The molecule has 4 nitrogen and oxygen atoms in total. The van der Waals surface area contributed by atoms with Gasteiger partial charge in [0.15, 0.2) is 0 Å². The van der Waals surface area contributed by atoms with Gasteiger partial charge in [-0.25, -0.2) is 0 Å². The van der Waals surface area contributed by atoms with Gasteiger partial charge in [-0.3, -0.25) is 0 Å². The van der Waals surface area contributed by atoms with Crippen molar-refractivity contribution in [2.45, 2.75) is 0 Å². The van der Waals surface area contributed by atoms with Crippen LogP contribution in [0.15, 0.2) is 24.3 Å². The monoisotopic (exact) mass is 175 g/mol. The second-order valence-corrected chi connectivity index (χ2v) is 2.34. The van der Waals surface area contributed by atoms with Crippen LogP contribution in [-0.2, 0) is 0 Å². The van der Waals surface area contributed by atoms with Crippen LogP contribution in [-0.4, -0.2) is 0 Å². The van der Waals surface area contributed by atoms with Gasteiger partial charge in [0.25, 0.3) is 5.75 Å². The maximum absolute atomic E-state index is 10.0. The second-order valence-electron chi connectivity index (χ2n) is 1.80. The lowest BCUT2D eigenvalue weighted by molar-refractivity contribution is -1.62. The molecule has 0 radical (unpaired) electrons. The summed E-state index contributed by atoms with van der Waals surface area (Å²) < 4.78 is 24.3. The number of halogens is 1. The third kappa shape index (κ3) is 2.27. The number of para-hydroxylation sites is 2. The van der Waals surface area contributed by atoms with E-state index in [0.717, 1.165) is 0 Å². The van der Waals surface area contributed by atoms with Crippen LogP contribution >= 0.6 is 0 Å². The molecule has 1 aromatic rings. The summed E-state index contributed by atoms with van der Waals surface area (Å²) in [4.78, 5) is 0. The topological polar surface area (TPSA) is 81.4 Å². The first-order valence-electron chi connectivity index (χ1n) is 2.78. The van der Waals surface area contributed by atoms with Crippen molar-refractivity contribution in [3.63, 3.8) is 0 Å². The normalized spacial score (nSPS) is 10.1. The Labute approximate surface area is 66.6 Å². The molecule has 0 aromatic heterocycles. The zero-order chi connectivity index (χ0) is 8.27. The third-order valence-corrected chi connectivity index (χ3v) is 1.36. The Hall–Kier alpha value is -0.970. The highest BCUT2D eigenvalue weighted by Gasteiger charge is 2.11. The highest BCUT2D eigenvalue weighted by atomic mass is 35.6. The van der Waals surface area contributed by atoms with Crippen LogP contribution in [0.2, 0.25) is 0 Å². The van der Waals surface area contributed by atoms with E-state index in [4.69, 9.17) is 5.73 Å². The lowest BCUT2D eigenvalue weighted by Crippen LogP contribution is -2.37. The molecule has 1 aromatic carbocycles. The summed E-state index contributed by atoms with van der Waals surface area (Å²) in [5.74, 6) is 0.137. The van der Waals surface area contributed by atoms with Gasteiger partial charge in [-0.1, -0.05) is 12.1 Å². The fourth-order valence-electron chi connectivity index (χ4n) is 0.619. The Balaban J connectivity index is 2.78. The summed E-state index contributed by atoms with van der Waals surface area (Å²) in [5.41, 5.74) is 5.66. The van der Waals surface area contributed by atoms with Crippen LogP contribution in [0.5, 0.6) is 5.75 Å². The molecular weight excluding hydrogens is 170 g/mol. The van der Waals surface area contributed by atoms with Crippen LogP contribution in [0.4, 0.5) is 5.69 Å². The molecule has 0 amide bonds. The van der Waals surface area contributed by atoms with E-state index in [2.05, 4.69) is 4.29 Å². The van der Waals surface area contributed by atoms with E-state index in [-0.39, 0.29) is 5.75 Å². The SMILES string of the molecule is Nc1ccccc1O[Cl+2]([O-])[O-]. The Morgan fingerprint density at radius 1 is 1.27 bits per heavy atom. The van der Waals surface area contributed by atoms with Gasteiger partial charge in [-0.05, 0) is 12.1 Å². The van der Waals surface area contributed by atoms with E-state index in [1.165, 1.54) is 6.07 Å². The molecule has 0 atom stereocenters. The summed E-state index contributed by atoms with van der Waals surface area (Å²) in [6.07, 6.45) is 0. The minimum atomic E-state index is -2.24. The highest BCUT2D eigenvalue weighted by molar-refractivity contribution is 5.51. The summed E-state index contributed by atoms with van der Waals surface area (Å²) in [6.45, 7) is 0. The molecule has 5 heteroatoms. The predicted molar refractivity (Wildman–Crippen MR) is 31.5 cm³/mol. The van der Waals surface area contributed by atoms with Gasteiger partial charge in [-0.15, -0.1) is 4.29 Å². The Morgan fingerprint density at radius 3 is 2.45 bits per heavy atom. The molecule has 0 unspecified atom stereocenters. The van der Waals surface area contributed by atoms with Gasteiger partial charge in [0.1, 0.15) is 0 Å². The molecule has 0 saturated carbocycles. The largest absolute Gasteiger partial charge is 0.395 e. The fraction of sp³-hybridized carbons (Fsp3) is 0. The van der Waals surface area contributed by atoms with Gasteiger partial charge in [0.05, 0.1) is 5.69 Å². The third-order valence-electron chi connectivity index (χ3n) is 1.07. The summed E-state index contributed by atoms with van der Waals surface area (Å²) in [6, 6.07) is 6.34. The average molecular weight is 176 g/mol. The maximum atomic E-state index is 10.0. The van der Waals surface area contributed by atoms with E-state index >= 15 is 0 Å². The van der Waals surface area contributed by atoms with Gasteiger partial charge in [-0.2, -0.15) is 0 Å². The van der Waals surface area contributed by atoms with Crippen molar-refractivity contribution in [1.29, 1.82) is 0 Å². The quantitative estimate of drug-likeness (QED) is 0.569. The molecule has 2 N–H and O–H groups in total. The number of rotatable bonds is 2. The van der Waals surface area contributed by atoms with Crippen molar-refractivity contribution in [3.05, 3.63) is 24.3 Å². The standard InChI is InChI=1S/C6H6ClNO3/c8-5-3-1-2-4-6(5)11-7(9)10/h1-4H,8H2. The minimum absolute atomic E-state index is 0.137. The Morgan fingerprint density at radius 2 is 1.91 bits per heavy atom. The molecule has 60 valence electrons. The smallest absolute Gasteiger partial charge is 0.349 e. The van der Waals surface area contributed by atoms with E-state index in [9.17, 15) is 9.32 Å². The fourth-order valence-corrected chi connectivity index (χ4v) is 0.895. The molecule has 0 aliphatic heterocycles. The molecule has 0 fully saturated rings. The maximum Gasteiger partial charge on any atom is 0.349 e. The van der Waals surface area contributed by atoms with Gasteiger partial charge < -0.3 is 15.1 Å².